The molecule has 0 spiro atoms. The summed E-state index contributed by atoms with van der Waals surface area (Å²) >= 11 is 0. The number of likely N-dealkylation sites (tertiary alicyclic amines) is 1. The van der Waals surface area contributed by atoms with Crippen LogP contribution in [-0.2, 0) is 28.8 Å². The summed E-state index contributed by atoms with van der Waals surface area (Å²) in [6.07, 6.45) is 3.04. The number of hydrogen-bond acceptors (Lipinski definition) is 6. The fourth-order valence-corrected chi connectivity index (χ4v) is 7.48. The van der Waals surface area contributed by atoms with E-state index in [4.69, 9.17) is 5.73 Å². The van der Waals surface area contributed by atoms with Gasteiger partial charge in [-0.1, -0.05) is 34.6 Å². The van der Waals surface area contributed by atoms with Crippen molar-refractivity contribution in [3.63, 3.8) is 0 Å². The molecular formula is C28H41N5O6. The van der Waals surface area contributed by atoms with Crippen LogP contribution in [0.2, 0.25) is 0 Å². The van der Waals surface area contributed by atoms with Crippen LogP contribution >= 0.6 is 0 Å². The molecule has 39 heavy (non-hydrogen) atoms. The lowest BCUT2D eigenvalue weighted by Crippen LogP contribution is -2.66. The highest BCUT2D eigenvalue weighted by Gasteiger charge is 2.70. The number of Topliss-reactive ketones (excluding diaryl/α,β-unsaturated/α-hetero) is 1. The zero-order chi connectivity index (χ0) is 28.7. The van der Waals surface area contributed by atoms with Crippen molar-refractivity contribution in [1.82, 2.24) is 20.9 Å². The molecule has 0 radical (unpaired) electrons. The number of ketones is 1. The molecule has 6 aliphatic rings. The van der Waals surface area contributed by atoms with Gasteiger partial charge in [0, 0.05) is 24.4 Å². The number of nitrogens with two attached hydrogens (primary N) is 1. The van der Waals surface area contributed by atoms with E-state index >= 15 is 0 Å². The normalized spacial score (nSPS) is 34.9. The lowest BCUT2D eigenvalue weighted by molar-refractivity contribution is -0.168. The Labute approximate surface area is 228 Å². The first-order valence-corrected chi connectivity index (χ1v) is 14.1. The van der Waals surface area contributed by atoms with Crippen LogP contribution in [0.4, 0.5) is 0 Å². The van der Waals surface area contributed by atoms with Crippen LogP contribution in [0, 0.1) is 39.9 Å². The van der Waals surface area contributed by atoms with Crippen LogP contribution in [0.3, 0.4) is 0 Å². The molecule has 6 fully saturated rings. The molecule has 6 rings (SSSR count). The Morgan fingerprint density at radius 2 is 1.74 bits per heavy atom. The van der Waals surface area contributed by atoms with Gasteiger partial charge in [0.2, 0.25) is 29.4 Å². The number of carbonyl (C=O) groups is 6. The molecule has 4 aliphatic carbocycles. The highest BCUT2D eigenvalue weighted by molar-refractivity contribution is 6.38. The fraction of sp³-hybridized carbons (Fsp3) is 0.786. The first-order valence-electron chi connectivity index (χ1n) is 14.1. The third kappa shape index (κ3) is 4.51. The molecule has 11 heteroatoms. The monoisotopic (exact) mass is 543 g/mol. The van der Waals surface area contributed by atoms with E-state index in [0.717, 1.165) is 19.3 Å². The van der Waals surface area contributed by atoms with E-state index in [-0.39, 0.29) is 46.8 Å². The maximum atomic E-state index is 14.1. The second-order valence-electron chi connectivity index (χ2n) is 14.2. The fourth-order valence-electron chi connectivity index (χ4n) is 7.48. The summed E-state index contributed by atoms with van der Waals surface area (Å²) < 4.78 is 0. The lowest BCUT2D eigenvalue weighted by Gasteiger charge is -2.60. The van der Waals surface area contributed by atoms with Crippen molar-refractivity contribution >= 4 is 35.3 Å². The minimum atomic E-state index is -1.26. The van der Waals surface area contributed by atoms with Crippen molar-refractivity contribution in [2.24, 2.45) is 45.7 Å². The van der Waals surface area contributed by atoms with Crippen molar-refractivity contribution in [3.8, 4) is 0 Å². The third-order valence-electron chi connectivity index (χ3n) is 10.2. The van der Waals surface area contributed by atoms with Gasteiger partial charge < -0.3 is 26.6 Å². The smallest absolute Gasteiger partial charge is 0.287 e. The molecule has 0 aromatic rings. The Balaban J connectivity index is 1.36. The van der Waals surface area contributed by atoms with E-state index in [1.165, 1.54) is 0 Å². The minimum absolute atomic E-state index is 0.0404. The Hall–Kier alpha value is -2.98. The summed E-state index contributed by atoms with van der Waals surface area (Å²) in [5, 5.41) is 8.41. The van der Waals surface area contributed by atoms with E-state index in [9.17, 15) is 28.8 Å². The van der Waals surface area contributed by atoms with Gasteiger partial charge >= 0.3 is 0 Å². The van der Waals surface area contributed by atoms with Crippen LogP contribution in [0.15, 0.2) is 0 Å². The minimum Gasteiger partial charge on any atom is -0.363 e. The van der Waals surface area contributed by atoms with Gasteiger partial charge in [-0.2, -0.15) is 0 Å². The maximum Gasteiger partial charge on any atom is 0.287 e. The molecule has 1 unspecified atom stereocenters. The zero-order valence-corrected chi connectivity index (χ0v) is 23.5. The average Bonchev–Trinajstić information content (AvgIpc) is 3.13. The van der Waals surface area contributed by atoms with Crippen molar-refractivity contribution in [2.75, 3.05) is 13.1 Å². The van der Waals surface area contributed by atoms with Gasteiger partial charge in [0.05, 0.1) is 6.04 Å². The van der Waals surface area contributed by atoms with Crippen molar-refractivity contribution in [2.45, 2.75) is 84.8 Å². The van der Waals surface area contributed by atoms with E-state index in [0.29, 0.717) is 25.4 Å². The number of nitrogens with one attached hydrogen (secondary N) is 3. The molecule has 2 saturated heterocycles. The molecule has 11 nitrogen and oxygen atoms in total. The van der Waals surface area contributed by atoms with Gasteiger partial charge in [-0.15, -0.1) is 0 Å². The first-order chi connectivity index (χ1) is 18.1. The van der Waals surface area contributed by atoms with E-state index in [1.807, 2.05) is 34.6 Å². The molecule has 0 aromatic carbocycles. The topological polar surface area (TPSA) is 168 Å². The van der Waals surface area contributed by atoms with E-state index in [1.54, 1.807) is 4.90 Å². The molecule has 0 aromatic heterocycles. The molecule has 6 atom stereocenters. The number of nitrogens with zero attached hydrogens (tertiary/aromatic N) is 1. The summed E-state index contributed by atoms with van der Waals surface area (Å²) in [6, 6.07) is -2.95. The Bertz CT molecular complexity index is 1120. The molecular weight excluding hydrogens is 502 g/mol. The number of hydrogen-bond donors (Lipinski definition) is 4. The lowest BCUT2D eigenvalue weighted by atomic mass is 9.44. The maximum absolute atomic E-state index is 14.1. The average molecular weight is 544 g/mol. The number of piperidine rings is 1. The summed E-state index contributed by atoms with van der Waals surface area (Å²) in [4.78, 5) is 79.1. The largest absolute Gasteiger partial charge is 0.363 e. The van der Waals surface area contributed by atoms with Gasteiger partial charge in [0.25, 0.3) is 5.91 Å². The van der Waals surface area contributed by atoms with Gasteiger partial charge in [0.15, 0.2) is 0 Å². The molecule has 4 saturated carbocycles. The molecule has 214 valence electrons. The summed E-state index contributed by atoms with van der Waals surface area (Å²) in [5.41, 5.74) is 4.14. The van der Waals surface area contributed by atoms with E-state index < -0.39 is 47.1 Å². The number of fused-ring (bicyclic) bond motifs is 1. The SMILES string of the molecule is CC(C)(C)[C@H](NC(=O)C12CC(C1)C2)C(=O)N1C[C@H]2[C@@H]([C@H]1C(=O)NC(C[C@@H]1CCNC1=O)C(=O)C(N)=O)C2(C)C. The number of rotatable bonds is 9. The highest BCUT2D eigenvalue weighted by atomic mass is 16.2. The molecule has 5 amide bonds. The second kappa shape index (κ2) is 9.02. The number of primary amides is 1. The first kappa shape index (κ1) is 27.6. The summed E-state index contributed by atoms with van der Waals surface area (Å²) in [6.45, 7) is 10.6. The predicted molar refractivity (Wildman–Crippen MR) is 139 cm³/mol. The van der Waals surface area contributed by atoms with Crippen LogP contribution < -0.4 is 21.7 Å². The van der Waals surface area contributed by atoms with Crippen LogP contribution in [0.5, 0.6) is 0 Å². The molecule has 5 N–H and O–H groups in total. The van der Waals surface area contributed by atoms with E-state index in [2.05, 4.69) is 16.0 Å². The molecule has 2 aliphatic heterocycles. The number of carbonyl (C=O) groups excluding carboxylic acids is 6. The van der Waals surface area contributed by atoms with Gasteiger partial charge in [-0.05, 0) is 60.7 Å². The standard InChI is InChI=1S/C28H41N5O6/c1-26(2,3)20(32-25(39)28-9-13(10-28)11-28)24(38)33-12-15-17(27(15,4)5)18(33)23(37)31-16(19(34)21(29)35)8-14-6-7-30-22(14)36/h13-18,20H,6-12H2,1-5H3,(H2,29,35)(H,30,36)(H,31,37)(H,32,39)/t13?,14-,15-,16?,17-,18-,20+,28?/m0/s1. The highest BCUT2D eigenvalue weighted by Crippen LogP contribution is 2.65. The van der Waals surface area contributed by atoms with Crippen LogP contribution in [0.1, 0.15) is 66.7 Å². The quantitative estimate of drug-likeness (QED) is 0.295. The zero-order valence-electron chi connectivity index (χ0n) is 23.5. The van der Waals surface area contributed by atoms with Crippen LogP contribution in [0.25, 0.3) is 0 Å². The second-order valence-corrected chi connectivity index (χ2v) is 14.2. The van der Waals surface area contributed by atoms with Crippen LogP contribution in [-0.4, -0.2) is 71.4 Å². The van der Waals surface area contributed by atoms with Crippen molar-refractivity contribution < 1.29 is 28.8 Å². The third-order valence-corrected chi connectivity index (χ3v) is 10.2. The van der Waals surface area contributed by atoms with Gasteiger partial charge in [0.1, 0.15) is 12.1 Å². The summed E-state index contributed by atoms with van der Waals surface area (Å²) in [7, 11) is 0. The Kier molecular flexibility index (Phi) is 6.38. The predicted octanol–water partition coefficient (Wildman–Crippen LogP) is -0.134. The molecule has 2 bridgehead atoms. The Morgan fingerprint density at radius 1 is 1.10 bits per heavy atom. The number of amides is 5. The van der Waals surface area contributed by atoms with Gasteiger partial charge in [-0.25, -0.2) is 0 Å². The van der Waals surface area contributed by atoms with Gasteiger partial charge in [-0.3, -0.25) is 28.8 Å². The molecule has 2 heterocycles. The van der Waals surface area contributed by atoms with Crippen molar-refractivity contribution in [1.29, 1.82) is 0 Å². The van der Waals surface area contributed by atoms with Crippen molar-refractivity contribution in [3.05, 3.63) is 0 Å². The Morgan fingerprint density at radius 3 is 2.23 bits per heavy atom. The summed E-state index contributed by atoms with van der Waals surface area (Å²) in [5.74, 6) is -3.29.